The van der Waals surface area contributed by atoms with Crippen LogP contribution < -0.4 is 27.4 Å². The first-order valence-electron chi connectivity index (χ1n) is 11.8. The van der Waals surface area contributed by atoms with Crippen molar-refractivity contribution < 1.29 is 9.59 Å². The summed E-state index contributed by atoms with van der Waals surface area (Å²) < 4.78 is 0. The minimum atomic E-state index is -0.706. The predicted molar refractivity (Wildman–Crippen MR) is 119 cm³/mol. The molecule has 0 bridgehead atoms. The van der Waals surface area contributed by atoms with E-state index >= 15 is 0 Å². The fourth-order valence-electron chi connectivity index (χ4n) is 4.20. The summed E-state index contributed by atoms with van der Waals surface area (Å²) in [6.45, 7) is 2.84. The van der Waals surface area contributed by atoms with Crippen molar-refractivity contribution in [2.75, 3.05) is 26.2 Å². The van der Waals surface area contributed by atoms with Gasteiger partial charge in [0.1, 0.15) is 0 Å². The summed E-state index contributed by atoms with van der Waals surface area (Å²) in [5.41, 5.74) is 12.4. The summed E-state index contributed by atoms with van der Waals surface area (Å²) in [5.74, 6) is 0.899. The number of unbranched alkanes of at least 4 members (excludes halogenated alkanes) is 9. The predicted octanol–water partition coefficient (Wildman–Crippen LogP) is 3.94. The second-order valence-electron chi connectivity index (χ2n) is 8.57. The SMILES string of the molecule is [NH]C(=O)NCC1CCCC(CNC(=O)NCCCCCCCCCCCCN)C1. The zero-order chi connectivity index (χ0) is 21.2. The van der Waals surface area contributed by atoms with Crippen LogP contribution in [0.1, 0.15) is 89.9 Å². The first-order chi connectivity index (χ1) is 14.1. The molecule has 1 aliphatic carbocycles. The molecule has 2 atom stereocenters. The van der Waals surface area contributed by atoms with Crippen LogP contribution in [0.5, 0.6) is 0 Å². The number of urea groups is 2. The quantitative estimate of drug-likeness (QED) is 0.288. The normalized spacial score (nSPS) is 18.9. The van der Waals surface area contributed by atoms with Gasteiger partial charge >= 0.3 is 12.1 Å². The highest BCUT2D eigenvalue weighted by Gasteiger charge is 2.22. The van der Waals surface area contributed by atoms with Crippen molar-refractivity contribution in [3.8, 4) is 0 Å². The van der Waals surface area contributed by atoms with Gasteiger partial charge in [-0.1, -0.05) is 57.8 Å². The Morgan fingerprint density at radius 1 is 0.759 bits per heavy atom. The number of amides is 4. The second kappa shape index (κ2) is 17.4. The molecular weight excluding hydrogens is 366 g/mol. The summed E-state index contributed by atoms with van der Waals surface area (Å²) in [4.78, 5) is 22.7. The molecule has 4 amide bonds. The van der Waals surface area contributed by atoms with Gasteiger partial charge in [0, 0.05) is 19.6 Å². The maximum absolute atomic E-state index is 12.0. The Morgan fingerprint density at radius 3 is 1.83 bits per heavy atom. The van der Waals surface area contributed by atoms with Gasteiger partial charge in [-0.25, -0.2) is 15.3 Å². The number of carbonyl (C=O) groups is 2. The maximum Gasteiger partial charge on any atom is 0.333 e. The molecule has 1 saturated carbocycles. The van der Waals surface area contributed by atoms with Crippen LogP contribution in [0.2, 0.25) is 0 Å². The van der Waals surface area contributed by atoms with Gasteiger partial charge in [0.2, 0.25) is 0 Å². The van der Waals surface area contributed by atoms with Crippen molar-refractivity contribution in [1.29, 1.82) is 0 Å². The molecule has 2 unspecified atom stereocenters. The molecule has 7 nitrogen and oxygen atoms in total. The Balaban J connectivity index is 1.91. The van der Waals surface area contributed by atoms with E-state index < -0.39 is 6.03 Å². The van der Waals surface area contributed by atoms with E-state index in [9.17, 15) is 9.59 Å². The zero-order valence-electron chi connectivity index (χ0n) is 18.3. The van der Waals surface area contributed by atoms with Gasteiger partial charge in [0.15, 0.2) is 0 Å². The van der Waals surface area contributed by atoms with E-state index in [0.717, 1.165) is 51.6 Å². The van der Waals surface area contributed by atoms with Gasteiger partial charge in [0.25, 0.3) is 0 Å². The van der Waals surface area contributed by atoms with E-state index in [4.69, 9.17) is 11.5 Å². The molecular formula is C22H44N5O2. The Kier molecular flexibility index (Phi) is 15.3. The molecule has 0 aliphatic heterocycles. The maximum atomic E-state index is 12.0. The largest absolute Gasteiger partial charge is 0.338 e. The molecule has 6 N–H and O–H groups in total. The number of nitrogens with one attached hydrogen (secondary N) is 4. The molecule has 0 aromatic rings. The third-order valence-electron chi connectivity index (χ3n) is 5.91. The fourth-order valence-corrected chi connectivity index (χ4v) is 4.20. The van der Waals surface area contributed by atoms with Crippen molar-refractivity contribution >= 4 is 12.1 Å². The van der Waals surface area contributed by atoms with Gasteiger partial charge < -0.3 is 21.7 Å². The van der Waals surface area contributed by atoms with Crippen molar-refractivity contribution in [1.82, 2.24) is 21.7 Å². The van der Waals surface area contributed by atoms with Crippen LogP contribution in [0.15, 0.2) is 0 Å². The number of hydrogen-bond acceptors (Lipinski definition) is 3. The summed E-state index contributed by atoms with van der Waals surface area (Å²) >= 11 is 0. The molecule has 1 rings (SSSR count). The van der Waals surface area contributed by atoms with Crippen LogP contribution in [0.3, 0.4) is 0 Å². The minimum absolute atomic E-state index is 0.0657. The molecule has 0 aromatic carbocycles. The van der Waals surface area contributed by atoms with Crippen molar-refractivity contribution in [3.63, 3.8) is 0 Å². The highest BCUT2D eigenvalue weighted by Crippen LogP contribution is 2.28. The standard InChI is InChI=1S/C22H44N5O2/c23-14-9-7-5-3-1-2-4-6-8-10-15-25-22(29)27-18-20-13-11-12-19(16-20)17-26-21(24)28/h19-20,24H,1-18,23H2,(H,26,28)(H2,25,27,29). The van der Waals surface area contributed by atoms with E-state index in [1.54, 1.807) is 0 Å². The first kappa shape index (κ1) is 25.5. The molecule has 7 heteroatoms. The van der Waals surface area contributed by atoms with E-state index in [1.165, 1.54) is 51.4 Å². The van der Waals surface area contributed by atoms with E-state index in [-0.39, 0.29) is 6.03 Å². The average Bonchev–Trinajstić information content (AvgIpc) is 2.72. The summed E-state index contributed by atoms with van der Waals surface area (Å²) in [5, 5.41) is 8.55. The molecule has 0 aromatic heterocycles. The van der Waals surface area contributed by atoms with Gasteiger partial charge in [-0.3, -0.25) is 0 Å². The number of nitrogens with two attached hydrogens (primary N) is 1. The summed E-state index contributed by atoms with van der Waals surface area (Å²) in [6.07, 6.45) is 16.9. The van der Waals surface area contributed by atoms with Crippen LogP contribution in [0.4, 0.5) is 9.59 Å². The Morgan fingerprint density at radius 2 is 1.28 bits per heavy atom. The Hall–Kier alpha value is -1.50. The molecule has 0 heterocycles. The number of rotatable bonds is 16. The van der Waals surface area contributed by atoms with Crippen LogP contribution in [-0.4, -0.2) is 38.2 Å². The topological polar surface area (TPSA) is 120 Å². The molecule has 0 spiro atoms. The molecule has 0 saturated heterocycles. The van der Waals surface area contributed by atoms with Gasteiger partial charge in [0.05, 0.1) is 0 Å². The van der Waals surface area contributed by atoms with Gasteiger partial charge in [-0.05, 0) is 50.5 Å². The van der Waals surface area contributed by atoms with Crippen molar-refractivity contribution in [3.05, 3.63) is 0 Å². The second-order valence-corrected chi connectivity index (χ2v) is 8.57. The lowest BCUT2D eigenvalue weighted by Gasteiger charge is -2.29. The van der Waals surface area contributed by atoms with E-state index in [1.807, 2.05) is 0 Å². The molecule has 1 aliphatic rings. The van der Waals surface area contributed by atoms with Crippen LogP contribution in [0, 0.1) is 11.8 Å². The fraction of sp³-hybridized carbons (Fsp3) is 0.909. The Labute approximate surface area is 177 Å². The number of hydrogen-bond donors (Lipinski definition) is 4. The van der Waals surface area contributed by atoms with Crippen LogP contribution in [0.25, 0.3) is 0 Å². The van der Waals surface area contributed by atoms with Gasteiger partial charge in [-0.2, -0.15) is 0 Å². The lowest BCUT2D eigenvalue weighted by atomic mass is 9.81. The average molecular weight is 411 g/mol. The number of carbonyl (C=O) groups excluding carboxylic acids is 2. The lowest BCUT2D eigenvalue weighted by molar-refractivity contribution is 0.224. The van der Waals surface area contributed by atoms with Crippen molar-refractivity contribution in [2.45, 2.75) is 89.9 Å². The smallest absolute Gasteiger partial charge is 0.333 e. The molecule has 1 fully saturated rings. The molecule has 169 valence electrons. The highest BCUT2D eigenvalue weighted by atomic mass is 16.2. The van der Waals surface area contributed by atoms with E-state index in [2.05, 4.69) is 16.0 Å². The summed E-state index contributed by atoms with van der Waals surface area (Å²) in [7, 11) is 0. The lowest BCUT2D eigenvalue weighted by Crippen LogP contribution is -2.40. The highest BCUT2D eigenvalue weighted by molar-refractivity contribution is 5.73. The monoisotopic (exact) mass is 410 g/mol. The third-order valence-corrected chi connectivity index (χ3v) is 5.91. The van der Waals surface area contributed by atoms with Gasteiger partial charge in [-0.15, -0.1) is 0 Å². The van der Waals surface area contributed by atoms with Crippen molar-refractivity contribution in [2.24, 2.45) is 17.6 Å². The van der Waals surface area contributed by atoms with Crippen LogP contribution >= 0.6 is 0 Å². The first-order valence-corrected chi connectivity index (χ1v) is 11.8. The van der Waals surface area contributed by atoms with Crippen LogP contribution in [-0.2, 0) is 0 Å². The molecule has 29 heavy (non-hydrogen) atoms. The third kappa shape index (κ3) is 15.1. The minimum Gasteiger partial charge on any atom is -0.338 e. The van der Waals surface area contributed by atoms with E-state index in [0.29, 0.717) is 24.9 Å². The zero-order valence-corrected chi connectivity index (χ0v) is 18.3. The Bertz CT molecular complexity index is 433. The molecule has 1 radical (unpaired) electrons. The summed E-state index contributed by atoms with van der Waals surface area (Å²) in [6, 6.07) is -0.771.